The Kier molecular flexibility index (Phi) is 6.21. The van der Waals surface area contributed by atoms with Gasteiger partial charge in [-0.1, -0.05) is 41.4 Å². The van der Waals surface area contributed by atoms with Crippen LogP contribution in [0.3, 0.4) is 0 Å². The van der Waals surface area contributed by atoms with Crippen LogP contribution in [0.1, 0.15) is 22.3 Å². The maximum atomic E-state index is 12.5. The summed E-state index contributed by atoms with van der Waals surface area (Å²) in [5.41, 5.74) is 5.17. The van der Waals surface area contributed by atoms with Gasteiger partial charge in [0, 0.05) is 10.7 Å². The van der Waals surface area contributed by atoms with Crippen LogP contribution >= 0.6 is 11.6 Å². The molecule has 0 aromatic heterocycles. The Hall–Kier alpha value is -3.29. The highest BCUT2D eigenvalue weighted by Gasteiger charge is 2.10. The third-order valence-electron chi connectivity index (χ3n) is 4.49. The third kappa shape index (κ3) is 5.37. The van der Waals surface area contributed by atoms with Gasteiger partial charge in [-0.2, -0.15) is 0 Å². The van der Waals surface area contributed by atoms with Gasteiger partial charge < -0.3 is 10.1 Å². The summed E-state index contributed by atoms with van der Waals surface area (Å²) in [6.07, 6.45) is 0.229. The molecule has 0 unspecified atom stereocenters. The minimum Gasteiger partial charge on any atom is -0.458 e. The largest absolute Gasteiger partial charge is 0.458 e. The lowest BCUT2D eigenvalue weighted by Crippen LogP contribution is -2.15. The molecular weight excluding hydrogens is 384 g/mol. The van der Waals surface area contributed by atoms with E-state index in [9.17, 15) is 4.79 Å². The second-order valence-electron chi connectivity index (χ2n) is 7.00. The Bertz CT molecular complexity index is 1120. The molecule has 0 heterocycles. The van der Waals surface area contributed by atoms with Gasteiger partial charge in [-0.25, -0.2) is 4.85 Å². The van der Waals surface area contributed by atoms with E-state index >= 15 is 0 Å². The molecule has 0 aliphatic rings. The zero-order chi connectivity index (χ0) is 21.0. The average Bonchev–Trinajstić information content (AvgIpc) is 2.66. The lowest BCUT2D eigenvalue weighted by atomic mass is 10.1. The highest BCUT2D eigenvalue weighted by atomic mass is 35.5. The van der Waals surface area contributed by atoms with E-state index in [1.807, 2.05) is 57.2 Å². The summed E-state index contributed by atoms with van der Waals surface area (Å²) in [5.74, 6) is 1.02. The van der Waals surface area contributed by atoms with Gasteiger partial charge in [-0.05, 0) is 67.8 Å². The van der Waals surface area contributed by atoms with Crippen molar-refractivity contribution >= 4 is 28.9 Å². The zero-order valence-corrected chi connectivity index (χ0v) is 17.3. The Morgan fingerprint density at radius 3 is 2.55 bits per heavy atom. The molecule has 0 saturated heterocycles. The number of carbonyl (C=O) groups is 1. The van der Waals surface area contributed by atoms with E-state index in [1.54, 1.807) is 18.2 Å². The van der Waals surface area contributed by atoms with Crippen molar-refractivity contribution in [3.8, 4) is 11.5 Å². The predicted molar refractivity (Wildman–Crippen MR) is 117 cm³/mol. The fraction of sp³-hybridized carbons (Fsp3) is 0.167. The Morgan fingerprint density at radius 1 is 1.03 bits per heavy atom. The number of anilines is 1. The Labute approximate surface area is 175 Å². The molecule has 0 aliphatic heterocycles. The van der Waals surface area contributed by atoms with E-state index in [-0.39, 0.29) is 12.3 Å². The number of benzene rings is 3. The molecule has 0 bridgehead atoms. The summed E-state index contributed by atoms with van der Waals surface area (Å²) >= 11 is 6.06. The van der Waals surface area contributed by atoms with Gasteiger partial charge >= 0.3 is 0 Å². The first-order valence-electron chi connectivity index (χ1n) is 9.16. The van der Waals surface area contributed by atoms with Crippen LogP contribution in [0.15, 0.2) is 54.6 Å². The van der Waals surface area contributed by atoms with Crippen molar-refractivity contribution in [2.45, 2.75) is 27.2 Å². The zero-order valence-electron chi connectivity index (χ0n) is 16.5. The molecule has 1 N–H and O–H groups in total. The SMILES string of the molecule is [C-]#[N+]c1cc(Cl)cc(Oc2cc(CC(=O)Nc3ccc(C)cc3C)ccc2C)c1. The molecule has 3 rings (SSSR count). The predicted octanol–water partition coefficient (Wildman–Crippen LogP) is 6.79. The number of nitrogens with zero attached hydrogens (tertiary/aromatic N) is 1. The van der Waals surface area contributed by atoms with Crippen LogP contribution in [-0.2, 0) is 11.2 Å². The first kappa shape index (κ1) is 20.4. The van der Waals surface area contributed by atoms with E-state index in [0.717, 1.165) is 27.9 Å². The van der Waals surface area contributed by atoms with E-state index in [4.69, 9.17) is 22.9 Å². The number of ether oxygens (including phenoxy) is 1. The highest BCUT2D eigenvalue weighted by Crippen LogP contribution is 2.32. The number of aryl methyl sites for hydroxylation is 3. The van der Waals surface area contributed by atoms with Gasteiger partial charge in [-0.3, -0.25) is 4.79 Å². The van der Waals surface area contributed by atoms with Crippen molar-refractivity contribution in [1.82, 2.24) is 0 Å². The molecule has 5 heteroatoms. The molecule has 0 atom stereocenters. The van der Waals surface area contributed by atoms with Crippen molar-refractivity contribution < 1.29 is 9.53 Å². The molecule has 0 saturated carbocycles. The third-order valence-corrected chi connectivity index (χ3v) is 4.70. The monoisotopic (exact) mass is 404 g/mol. The quantitative estimate of drug-likeness (QED) is 0.475. The van der Waals surface area contributed by atoms with Gasteiger partial charge in [0.15, 0.2) is 5.69 Å². The van der Waals surface area contributed by atoms with Gasteiger partial charge in [0.05, 0.1) is 13.0 Å². The van der Waals surface area contributed by atoms with Crippen LogP contribution in [0.4, 0.5) is 11.4 Å². The molecule has 0 spiro atoms. The molecule has 0 radical (unpaired) electrons. The second kappa shape index (κ2) is 8.81. The standard InChI is InChI=1S/C24H21ClN2O2/c1-15-5-8-22(17(3)9-15)27-24(28)11-18-7-6-16(2)23(10-18)29-21-13-19(25)12-20(14-21)26-4/h5-10,12-14H,11H2,1-3H3,(H,27,28). The van der Waals surface area contributed by atoms with Crippen molar-refractivity contribution in [3.63, 3.8) is 0 Å². The van der Waals surface area contributed by atoms with Crippen molar-refractivity contribution in [3.05, 3.63) is 93.3 Å². The summed E-state index contributed by atoms with van der Waals surface area (Å²) < 4.78 is 5.95. The van der Waals surface area contributed by atoms with Crippen LogP contribution in [0.25, 0.3) is 4.85 Å². The molecule has 29 heavy (non-hydrogen) atoms. The Morgan fingerprint density at radius 2 is 1.83 bits per heavy atom. The topological polar surface area (TPSA) is 42.7 Å². The number of amides is 1. The minimum atomic E-state index is -0.0928. The molecule has 1 amide bonds. The van der Waals surface area contributed by atoms with E-state index < -0.39 is 0 Å². The Balaban J connectivity index is 1.76. The lowest BCUT2D eigenvalue weighted by molar-refractivity contribution is -0.115. The van der Waals surface area contributed by atoms with Gasteiger partial charge in [0.25, 0.3) is 0 Å². The average molecular weight is 405 g/mol. The molecular formula is C24H21ClN2O2. The molecule has 4 nitrogen and oxygen atoms in total. The number of nitrogens with one attached hydrogen (secondary N) is 1. The van der Waals surface area contributed by atoms with Crippen LogP contribution in [0.2, 0.25) is 5.02 Å². The molecule has 3 aromatic carbocycles. The van der Waals surface area contributed by atoms with Crippen molar-refractivity contribution in [2.75, 3.05) is 5.32 Å². The molecule has 0 aliphatic carbocycles. The lowest BCUT2D eigenvalue weighted by Gasteiger charge is -2.12. The van der Waals surface area contributed by atoms with E-state index in [0.29, 0.717) is 22.2 Å². The molecule has 3 aromatic rings. The first-order valence-corrected chi connectivity index (χ1v) is 9.54. The highest BCUT2D eigenvalue weighted by molar-refractivity contribution is 6.31. The number of carbonyl (C=O) groups excluding carboxylic acids is 1. The normalized spacial score (nSPS) is 10.3. The van der Waals surface area contributed by atoms with E-state index in [2.05, 4.69) is 10.2 Å². The summed E-state index contributed by atoms with van der Waals surface area (Å²) in [5, 5.41) is 3.40. The fourth-order valence-corrected chi connectivity index (χ4v) is 3.22. The van der Waals surface area contributed by atoms with Crippen LogP contribution < -0.4 is 10.1 Å². The molecule has 0 fully saturated rings. The smallest absolute Gasteiger partial charge is 0.228 e. The number of hydrogen-bond donors (Lipinski definition) is 1. The second-order valence-corrected chi connectivity index (χ2v) is 7.44. The van der Waals surface area contributed by atoms with Gasteiger partial charge in [0.1, 0.15) is 11.5 Å². The first-order chi connectivity index (χ1) is 13.8. The fourth-order valence-electron chi connectivity index (χ4n) is 3.00. The van der Waals surface area contributed by atoms with Gasteiger partial charge in [-0.15, -0.1) is 0 Å². The van der Waals surface area contributed by atoms with Crippen molar-refractivity contribution in [1.29, 1.82) is 0 Å². The van der Waals surface area contributed by atoms with E-state index in [1.165, 1.54) is 0 Å². The van der Waals surface area contributed by atoms with Crippen LogP contribution in [0.5, 0.6) is 11.5 Å². The summed E-state index contributed by atoms with van der Waals surface area (Å²) in [6, 6.07) is 16.5. The van der Waals surface area contributed by atoms with Crippen molar-refractivity contribution in [2.24, 2.45) is 0 Å². The number of halogens is 1. The van der Waals surface area contributed by atoms with Crippen LogP contribution in [-0.4, -0.2) is 5.91 Å². The summed E-state index contributed by atoms with van der Waals surface area (Å²) in [4.78, 5) is 15.9. The van der Waals surface area contributed by atoms with Crippen LogP contribution in [0, 0.1) is 27.3 Å². The summed E-state index contributed by atoms with van der Waals surface area (Å²) in [7, 11) is 0. The number of hydrogen-bond acceptors (Lipinski definition) is 2. The minimum absolute atomic E-state index is 0.0928. The van der Waals surface area contributed by atoms with Gasteiger partial charge in [0.2, 0.25) is 5.91 Å². The molecule has 146 valence electrons. The number of rotatable bonds is 5. The summed E-state index contributed by atoms with van der Waals surface area (Å²) in [6.45, 7) is 13.1. The maximum absolute atomic E-state index is 12.5. The maximum Gasteiger partial charge on any atom is 0.228 e.